The molecule has 1 fully saturated rings. The monoisotopic (exact) mass is 434 g/mol. The maximum atomic E-state index is 12.9. The molecule has 10 heteroatoms. The lowest BCUT2D eigenvalue weighted by Gasteiger charge is -2.31. The Morgan fingerprint density at radius 1 is 1.24 bits per heavy atom. The molecule has 154 valence electrons. The van der Waals surface area contributed by atoms with Crippen molar-refractivity contribution in [3.05, 3.63) is 40.6 Å². The molecule has 8 nitrogen and oxygen atoms in total. The molecule has 5 heterocycles. The van der Waals surface area contributed by atoms with Crippen molar-refractivity contribution in [3.63, 3.8) is 0 Å². The van der Waals surface area contributed by atoms with Gasteiger partial charge < -0.3 is 19.2 Å². The van der Waals surface area contributed by atoms with E-state index in [1.807, 2.05) is 29.3 Å². The molecular formula is C19H23ClN6O2S. The van der Waals surface area contributed by atoms with E-state index in [0.29, 0.717) is 17.4 Å². The van der Waals surface area contributed by atoms with Crippen LogP contribution in [-0.2, 0) is 13.1 Å². The van der Waals surface area contributed by atoms with E-state index >= 15 is 0 Å². The van der Waals surface area contributed by atoms with Gasteiger partial charge in [0.1, 0.15) is 23.1 Å². The Morgan fingerprint density at radius 2 is 2.07 bits per heavy atom. The summed E-state index contributed by atoms with van der Waals surface area (Å²) in [6.45, 7) is 6.00. The zero-order chi connectivity index (χ0) is 19.1. The third-order valence-electron chi connectivity index (χ3n) is 5.47. The number of hydrogen-bond donors (Lipinski definition) is 1. The number of aromatic nitrogens is 4. The van der Waals surface area contributed by atoms with Gasteiger partial charge in [0.2, 0.25) is 0 Å². The van der Waals surface area contributed by atoms with E-state index in [2.05, 4.69) is 25.1 Å². The first-order chi connectivity index (χ1) is 13.7. The lowest BCUT2D eigenvalue weighted by Crippen LogP contribution is -2.39. The Labute approximate surface area is 178 Å². The summed E-state index contributed by atoms with van der Waals surface area (Å²) in [5.41, 5.74) is 0.499. The number of fused-ring (bicyclic) bond motifs is 1. The van der Waals surface area contributed by atoms with Crippen molar-refractivity contribution >= 4 is 29.7 Å². The molecule has 0 atom stereocenters. The Kier molecular flexibility index (Phi) is 5.71. The van der Waals surface area contributed by atoms with Crippen molar-refractivity contribution in [1.82, 2.24) is 30.0 Å². The van der Waals surface area contributed by atoms with Gasteiger partial charge >= 0.3 is 0 Å². The van der Waals surface area contributed by atoms with E-state index in [4.69, 9.17) is 4.42 Å². The number of rotatable bonds is 3. The number of halogens is 1. The minimum Gasteiger partial charge on any atom is -0.459 e. The second kappa shape index (κ2) is 8.25. The second-order valence-corrected chi connectivity index (χ2v) is 8.18. The summed E-state index contributed by atoms with van der Waals surface area (Å²) in [7, 11) is 0. The standard InChI is InChI=1S/C19H22N6O2S.ClH/c1-12-2-3-15(27-12)18-21-14(11-28-18)19(26)24-7-4-13(5-8-24)17-23-22-16-10-20-6-9-25(16)17;/h2-3,11,13,20H,4-10H2,1H3;1H. The van der Waals surface area contributed by atoms with Crippen molar-refractivity contribution < 1.29 is 9.21 Å². The highest BCUT2D eigenvalue weighted by molar-refractivity contribution is 7.13. The van der Waals surface area contributed by atoms with Gasteiger partial charge in [0.05, 0.1) is 6.54 Å². The highest BCUT2D eigenvalue weighted by atomic mass is 35.5. The molecule has 0 saturated carbocycles. The summed E-state index contributed by atoms with van der Waals surface area (Å²) in [6.07, 6.45) is 1.82. The van der Waals surface area contributed by atoms with Crippen molar-refractivity contribution in [2.75, 3.05) is 19.6 Å². The van der Waals surface area contributed by atoms with Crippen LogP contribution in [0, 0.1) is 6.92 Å². The summed E-state index contributed by atoms with van der Waals surface area (Å²) in [5.74, 6) is 4.01. The number of nitrogens with zero attached hydrogens (tertiary/aromatic N) is 5. The van der Waals surface area contributed by atoms with Crippen LogP contribution in [0.15, 0.2) is 21.9 Å². The summed E-state index contributed by atoms with van der Waals surface area (Å²) < 4.78 is 7.86. The second-order valence-electron chi connectivity index (χ2n) is 7.32. The van der Waals surface area contributed by atoms with E-state index in [-0.39, 0.29) is 18.3 Å². The molecule has 1 saturated heterocycles. The third-order valence-corrected chi connectivity index (χ3v) is 6.33. The van der Waals surface area contributed by atoms with Crippen LogP contribution in [0.25, 0.3) is 10.8 Å². The zero-order valence-electron chi connectivity index (χ0n) is 16.1. The maximum absolute atomic E-state index is 12.9. The number of carbonyl (C=O) groups is 1. The molecule has 29 heavy (non-hydrogen) atoms. The van der Waals surface area contributed by atoms with Crippen molar-refractivity contribution in [2.24, 2.45) is 0 Å². The van der Waals surface area contributed by atoms with Crippen LogP contribution in [0.5, 0.6) is 0 Å². The van der Waals surface area contributed by atoms with E-state index < -0.39 is 0 Å². The fourth-order valence-electron chi connectivity index (χ4n) is 3.95. The zero-order valence-corrected chi connectivity index (χ0v) is 17.8. The summed E-state index contributed by atoms with van der Waals surface area (Å²) >= 11 is 1.44. The van der Waals surface area contributed by atoms with Crippen molar-refractivity contribution in [2.45, 2.75) is 38.8 Å². The van der Waals surface area contributed by atoms with E-state index in [1.165, 1.54) is 11.3 Å². The number of furan rings is 1. The Hall–Kier alpha value is -2.23. The number of likely N-dealkylation sites (tertiary alicyclic amines) is 1. The average Bonchev–Trinajstić information content (AvgIpc) is 3.46. The molecule has 0 aliphatic carbocycles. The first-order valence-corrected chi connectivity index (χ1v) is 10.5. The lowest BCUT2D eigenvalue weighted by atomic mass is 9.95. The van der Waals surface area contributed by atoms with Gasteiger partial charge in [0.25, 0.3) is 5.91 Å². The summed E-state index contributed by atoms with van der Waals surface area (Å²) in [6, 6.07) is 3.80. The molecule has 2 aliphatic rings. The maximum Gasteiger partial charge on any atom is 0.273 e. The number of nitrogens with one attached hydrogen (secondary N) is 1. The largest absolute Gasteiger partial charge is 0.459 e. The molecule has 1 N–H and O–H groups in total. The molecule has 0 bridgehead atoms. The Balaban J connectivity index is 0.00000205. The van der Waals surface area contributed by atoms with E-state index in [0.717, 1.165) is 68.0 Å². The van der Waals surface area contributed by atoms with Gasteiger partial charge in [0.15, 0.2) is 10.8 Å². The van der Waals surface area contributed by atoms with Gasteiger partial charge in [-0.05, 0) is 31.9 Å². The highest BCUT2D eigenvalue weighted by Gasteiger charge is 2.30. The number of aryl methyl sites for hydroxylation is 1. The van der Waals surface area contributed by atoms with Crippen LogP contribution in [-0.4, -0.2) is 50.2 Å². The first-order valence-electron chi connectivity index (χ1n) is 9.63. The normalized spacial score (nSPS) is 17.1. The van der Waals surface area contributed by atoms with Crippen LogP contribution < -0.4 is 5.32 Å². The molecule has 0 radical (unpaired) electrons. The molecule has 5 rings (SSSR count). The van der Waals surface area contributed by atoms with Gasteiger partial charge in [-0.3, -0.25) is 4.79 Å². The number of piperidine rings is 1. The van der Waals surface area contributed by atoms with Gasteiger partial charge in [-0.15, -0.1) is 33.9 Å². The Bertz CT molecular complexity index is 1000. The number of hydrogen-bond acceptors (Lipinski definition) is 7. The van der Waals surface area contributed by atoms with E-state index in [9.17, 15) is 4.79 Å². The molecule has 0 unspecified atom stereocenters. The molecule has 3 aromatic heterocycles. The van der Waals surface area contributed by atoms with Gasteiger partial charge in [-0.25, -0.2) is 4.98 Å². The average molecular weight is 435 g/mol. The smallest absolute Gasteiger partial charge is 0.273 e. The number of thiazole rings is 1. The first kappa shape index (κ1) is 20.1. The minimum absolute atomic E-state index is 0. The Morgan fingerprint density at radius 3 is 2.83 bits per heavy atom. The van der Waals surface area contributed by atoms with Gasteiger partial charge in [-0.2, -0.15) is 0 Å². The van der Waals surface area contributed by atoms with Crippen LogP contribution >= 0.6 is 23.7 Å². The fourth-order valence-corrected chi connectivity index (χ4v) is 4.71. The lowest BCUT2D eigenvalue weighted by molar-refractivity contribution is 0.0705. The van der Waals surface area contributed by atoms with Crippen LogP contribution in [0.4, 0.5) is 0 Å². The van der Waals surface area contributed by atoms with Crippen molar-refractivity contribution in [3.8, 4) is 10.8 Å². The molecule has 3 aromatic rings. The van der Waals surface area contributed by atoms with Crippen LogP contribution in [0.1, 0.15) is 46.7 Å². The van der Waals surface area contributed by atoms with Crippen molar-refractivity contribution in [1.29, 1.82) is 0 Å². The predicted octanol–water partition coefficient (Wildman–Crippen LogP) is 2.85. The topological polar surface area (TPSA) is 89.1 Å². The van der Waals surface area contributed by atoms with Crippen LogP contribution in [0.2, 0.25) is 0 Å². The quantitative estimate of drug-likeness (QED) is 0.681. The van der Waals surface area contributed by atoms with E-state index in [1.54, 1.807) is 0 Å². The SMILES string of the molecule is Cc1ccc(-c2nc(C(=O)N3CCC(c4nnc5n4CCNC5)CC3)cs2)o1.Cl. The minimum atomic E-state index is -0.00306. The van der Waals surface area contributed by atoms with Gasteiger partial charge in [-0.1, -0.05) is 0 Å². The highest BCUT2D eigenvalue weighted by Crippen LogP contribution is 2.30. The van der Waals surface area contributed by atoms with Gasteiger partial charge in [0, 0.05) is 37.5 Å². The summed E-state index contributed by atoms with van der Waals surface area (Å²) in [4.78, 5) is 19.3. The summed E-state index contributed by atoms with van der Waals surface area (Å²) in [5, 5.41) is 14.6. The fraction of sp³-hybridized carbons (Fsp3) is 0.474. The van der Waals surface area contributed by atoms with Crippen LogP contribution in [0.3, 0.4) is 0 Å². The molecule has 0 spiro atoms. The molecule has 1 amide bonds. The molecular weight excluding hydrogens is 412 g/mol. The number of amides is 1. The number of carbonyl (C=O) groups excluding carboxylic acids is 1. The molecule has 2 aliphatic heterocycles. The predicted molar refractivity (Wildman–Crippen MR) is 111 cm³/mol. The molecule has 0 aromatic carbocycles. The third kappa shape index (κ3) is 3.82.